The Balaban J connectivity index is 1.23. The second kappa shape index (κ2) is 10.6. The first kappa shape index (κ1) is 24.1. The highest BCUT2D eigenvalue weighted by molar-refractivity contribution is 6.07. The van der Waals surface area contributed by atoms with E-state index >= 15 is 0 Å². The van der Waals surface area contributed by atoms with Crippen molar-refractivity contribution in [2.45, 2.75) is 51.6 Å². The summed E-state index contributed by atoms with van der Waals surface area (Å²) in [5.41, 5.74) is 5.12. The molecule has 3 aromatic rings. The molecule has 0 N–H and O–H groups in total. The minimum atomic E-state index is 0.0844. The first-order valence-electron chi connectivity index (χ1n) is 13.9. The Morgan fingerprint density at radius 3 is 2.30 bits per heavy atom. The standard InChI is InChI=1S/C31H36N4O2/c36-30(24-11-5-2-6-12-24)34-17-19-35(20-18-34)31(37)29-25-13-7-8-14-27(25)32-28-15-16-33(22-26(28)29)21-23-9-3-1-4-10-23/h1,3-4,7-10,13-14,24H,2,5-6,11-12,15-22H2. The summed E-state index contributed by atoms with van der Waals surface area (Å²) in [4.78, 5) is 38.5. The average molecular weight is 497 g/mol. The molecule has 1 aromatic heterocycles. The van der Waals surface area contributed by atoms with Crippen LogP contribution in [0.4, 0.5) is 0 Å². The van der Waals surface area contributed by atoms with Gasteiger partial charge in [0, 0.05) is 74.8 Å². The zero-order valence-electron chi connectivity index (χ0n) is 21.6. The smallest absolute Gasteiger partial charge is 0.255 e. The summed E-state index contributed by atoms with van der Waals surface area (Å²) >= 11 is 0. The maximum Gasteiger partial charge on any atom is 0.255 e. The van der Waals surface area contributed by atoms with Gasteiger partial charge >= 0.3 is 0 Å². The molecule has 6 heteroatoms. The van der Waals surface area contributed by atoms with Gasteiger partial charge in [0.15, 0.2) is 0 Å². The van der Waals surface area contributed by atoms with Crippen LogP contribution >= 0.6 is 0 Å². The molecule has 0 bridgehead atoms. The summed E-state index contributed by atoms with van der Waals surface area (Å²) in [5, 5.41) is 0.938. The number of para-hydroxylation sites is 1. The summed E-state index contributed by atoms with van der Waals surface area (Å²) in [6, 6.07) is 18.6. The van der Waals surface area contributed by atoms with Crippen LogP contribution in [0.1, 0.15) is 59.3 Å². The van der Waals surface area contributed by atoms with Gasteiger partial charge in [-0.25, -0.2) is 0 Å². The topological polar surface area (TPSA) is 56.8 Å². The predicted molar refractivity (Wildman–Crippen MR) is 145 cm³/mol. The lowest BCUT2D eigenvalue weighted by Gasteiger charge is -2.38. The maximum absolute atomic E-state index is 14.1. The summed E-state index contributed by atoms with van der Waals surface area (Å²) in [7, 11) is 0. The first-order chi connectivity index (χ1) is 18.2. The van der Waals surface area contributed by atoms with Gasteiger partial charge in [-0.2, -0.15) is 0 Å². The highest BCUT2D eigenvalue weighted by Crippen LogP contribution is 2.31. The number of carbonyl (C=O) groups excluding carboxylic acids is 2. The van der Waals surface area contributed by atoms with Gasteiger partial charge in [-0.15, -0.1) is 0 Å². The van der Waals surface area contributed by atoms with Gasteiger partial charge in [0.1, 0.15) is 0 Å². The Morgan fingerprint density at radius 1 is 0.811 bits per heavy atom. The van der Waals surface area contributed by atoms with Gasteiger partial charge in [-0.3, -0.25) is 19.5 Å². The van der Waals surface area contributed by atoms with E-state index in [2.05, 4.69) is 29.2 Å². The minimum absolute atomic E-state index is 0.0844. The lowest BCUT2D eigenvalue weighted by Crippen LogP contribution is -2.52. The number of carbonyl (C=O) groups is 2. The third-order valence-electron chi connectivity index (χ3n) is 8.42. The third-order valence-corrected chi connectivity index (χ3v) is 8.42. The molecule has 2 fully saturated rings. The van der Waals surface area contributed by atoms with Crippen LogP contribution < -0.4 is 0 Å². The molecule has 0 atom stereocenters. The molecule has 37 heavy (non-hydrogen) atoms. The molecule has 0 radical (unpaired) electrons. The Labute approximate surface area is 219 Å². The number of fused-ring (bicyclic) bond motifs is 2. The van der Waals surface area contributed by atoms with E-state index in [1.807, 2.05) is 40.1 Å². The van der Waals surface area contributed by atoms with E-state index in [0.29, 0.717) is 32.1 Å². The van der Waals surface area contributed by atoms with Gasteiger partial charge < -0.3 is 9.80 Å². The molecule has 192 valence electrons. The molecule has 2 amide bonds. The van der Waals surface area contributed by atoms with Crippen molar-refractivity contribution in [2.75, 3.05) is 32.7 Å². The van der Waals surface area contributed by atoms with Crippen molar-refractivity contribution in [2.24, 2.45) is 5.92 Å². The van der Waals surface area contributed by atoms with E-state index in [4.69, 9.17) is 4.98 Å². The van der Waals surface area contributed by atoms with Crippen LogP contribution in [0.3, 0.4) is 0 Å². The zero-order valence-corrected chi connectivity index (χ0v) is 21.6. The van der Waals surface area contributed by atoms with Crippen LogP contribution in [-0.4, -0.2) is 64.2 Å². The van der Waals surface area contributed by atoms with Crippen LogP contribution in [-0.2, 0) is 24.3 Å². The highest BCUT2D eigenvalue weighted by atomic mass is 16.2. The quantitative estimate of drug-likeness (QED) is 0.527. The number of pyridine rings is 1. The van der Waals surface area contributed by atoms with Crippen molar-refractivity contribution in [1.29, 1.82) is 0 Å². The minimum Gasteiger partial charge on any atom is -0.339 e. The molecule has 1 saturated carbocycles. The number of nitrogens with zero attached hydrogens (tertiary/aromatic N) is 4. The van der Waals surface area contributed by atoms with Gasteiger partial charge in [0.25, 0.3) is 5.91 Å². The Kier molecular flexibility index (Phi) is 6.92. The van der Waals surface area contributed by atoms with Gasteiger partial charge in [-0.05, 0) is 24.5 Å². The fraction of sp³-hybridized carbons (Fsp3) is 0.452. The summed E-state index contributed by atoms with van der Waals surface area (Å²) in [6.07, 6.45) is 6.46. The second-order valence-electron chi connectivity index (χ2n) is 10.8. The van der Waals surface area contributed by atoms with Crippen molar-refractivity contribution in [1.82, 2.24) is 19.7 Å². The van der Waals surface area contributed by atoms with E-state index < -0.39 is 0 Å². The Morgan fingerprint density at radius 2 is 1.51 bits per heavy atom. The van der Waals surface area contributed by atoms with Gasteiger partial charge in [0.05, 0.1) is 11.1 Å². The van der Waals surface area contributed by atoms with Crippen molar-refractivity contribution in [3.63, 3.8) is 0 Å². The van der Waals surface area contributed by atoms with E-state index in [-0.39, 0.29) is 11.8 Å². The number of hydrogen-bond acceptors (Lipinski definition) is 4. The number of hydrogen-bond donors (Lipinski definition) is 0. The summed E-state index contributed by atoms with van der Waals surface area (Å²) in [6.45, 7) is 4.97. The third kappa shape index (κ3) is 4.99. The van der Waals surface area contributed by atoms with E-state index in [1.165, 1.54) is 12.0 Å². The molecular formula is C31H36N4O2. The fourth-order valence-electron chi connectivity index (χ4n) is 6.36. The monoisotopic (exact) mass is 496 g/mol. The summed E-state index contributed by atoms with van der Waals surface area (Å²) in [5.74, 6) is 0.569. The number of rotatable bonds is 4. The predicted octanol–water partition coefficient (Wildman–Crippen LogP) is 4.66. The molecule has 2 aromatic carbocycles. The summed E-state index contributed by atoms with van der Waals surface area (Å²) < 4.78 is 0. The molecule has 6 rings (SSSR count). The molecule has 1 saturated heterocycles. The van der Waals surface area contributed by atoms with Crippen LogP contribution in [0.5, 0.6) is 0 Å². The molecule has 3 aliphatic rings. The first-order valence-corrected chi connectivity index (χ1v) is 13.9. The van der Waals surface area contributed by atoms with Crippen molar-refractivity contribution in [3.05, 3.63) is 77.0 Å². The molecule has 1 aliphatic carbocycles. The number of piperazine rings is 1. The van der Waals surface area contributed by atoms with Crippen LogP contribution in [0.15, 0.2) is 54.6 Å². The van der Waals surface area contributed by atoms with E-state index in [9.17, 15) is 9.59 Å². The lowest BCUT2D eigenvalue weighted by atomic mass is 9.88. The SMILES string of the molecule is O=C(c1c2c(nc3ccccc13)CCN(Cc1ccccc1)C2)N1CCN(C(=O)C2CCCCC2)CC1. The van der Waals surface area contributed by atoms with Gasteiger partial charge in [-0.1, -0.05) is 67.8 Å². The van der Waals surface area contributed by atoms with Crippen LogP contribution in [0.2, 0.25) is 0 Å². The highest BCUT2D eigenvalue weighted by Gasteiger charge is 2.32. The molecule has 0 unspecified atom stereocenters. The number of amides is 2. The fourth-order valence-corrected chi connectivity index (χ4v) is 6.36. The molecular weight excluding hydrogens is 460 g/mol. The van der Waals surface area contributed by atoms with Gasteiger partial charge in [0.2, 0.25) is 5.91 Å². The Bertz CT molecular complexity index is 1280. The largest absolute Gasteiger partial charge is 0.339 e. The van der Waals surface area contributed by atoms with E-state index in [1.54, 1.807) is 0 Å². The Hall–Kier alpha value is -3.25. The molecule has 6 nitrogen and oxygen atoms in total. The normalized spacial score (nSPS) is 19.1. The van der Waals surface area contributed by atoms with Crippen LogP contribution in [0.25, 0.3) is 10.9 Å². The van der Waals surface area contributed by atoms with E-state index in [0.717, 1.165) is 79.5 Å². The molecule has 3 heterocycles. The average Bonchev–Trinajstić information content (AvgIpc) is 2.96. The second-order valence-corrected chi connectivity index (χ2v) is 10.8. The van der Waals surface area contributed by atoms with Crippen molar-refractivity contribution >= 4 is 22.7 Å². The maximum atomic E-state index is 14.1. The zero-order chi connectivity index (χ0) is 25.2. The number of benzene rings is 2. The molecule has 2 aliphatic heterocycles. The number of aromatic nitrogens is 1. The van der Waals surface area contributed by atoms with Crippen LogP contribution in [0, 0.1) is 5.92 Å². The molecule has 0 spiro atoms. The van der Waals surface area contributed by atoms with Crippen molar-refractivity contribution < 1.29 is 9.59 Å². The van der Waals surface area contributed by atoms with Crippen molar-refractivity contribution in [3.8, 4) is 0 Å². The lowest BCUT2D eigenvalue weighted by molar-refractivity contribution is -0.138.